The van der Waals surface area contributed by atoms with Crippen molar-refractivity contribution in [1.29, 1.82) is 0 Å². The summed E-state index contributed by atoms with van der Waals surface area (Å²) in [6.07, 6.45) is -0.501. The second-order valence-electron chi connectivity index (χ2n) is 6.23. The molecule has 7 heteroatoms. The Morgan fingerprint density at radius 1 is 1.26 bits per heavy atom. The molecule has 2 aromatic carbocycles. The molecule has 2 atom stereocenters. The van der Waals surface area contributed by atoms with Crippen molar-refractivity contribution in [1.82, 2.24) is 0 Å². The molecule has 27 heavy (non-hydrogen) atoms. The summed E-state index contributed by atoms with van der Waals surface area (Å²) in [4.78, 5) is 24.8. The van der Waals surface area contributed by atoms with Crippen molar-refractivity contribution >= 4 is 29.2 Å². The monoisotopic (exact) mass is 389 g/mol. The number of carbonyl (C=O) groups excluding carboxylic acids is 2. The number of carbonyl (C=O) groups is 2. The Bertz CT molecular complexity index is 854. The molecule has 0 saturated heterocycles. The lowest BCUT2D eigenvalue weighted by Crippen LogP contribution is -2.36. The Balaban J connectivity index is 1.59. The number of para-hydroxylation sites is 2. The molecular weight excluding hydrogens is 370 g/mol. The highest BCUT2D eigenvalue weighted by molar-refractivity contribution is 6.30. The van der Waals surface area contributed by atoms with Gasteiger partial charge in [-0.15, -0.1) is 0 Å². The lowest BCUT2D eigenvalue weighted by molar-refractivity contribution is -0.158. The Kier molecular flexibility index (Phi) is 5.86. The Morgan fingerprint density at radius 3 is 2.81 bits per heavy atom. The summed E-state index contributed by atoms with van der Waals surface area (Å²) in [5.41, 5.74) is 1.36. The molecule has 1 aliphatic rings. The number of halogens is 1. The third-order valence-corrected chi connectivity index (χ3v) is 4.52. The molecule has 3 rings (SSSR count). The summed E-state index contributed by atoms with van der Waals surface area (Å²) < 4.78 is 16.1. The molecule has 1 amide bonds. The first-order valence-corrected chi connectivity index (χ1v) is 8.91. The Hall–Kier alpha value is -2.73. The summed E-state index contributed by atoms with van der Waals surface area (Å²) in [5.74, 6) is -0.169. The van der Waals surface area contributed by atoms with Crippen LogP contribution < -0.4 is 14.8 Å². The zero-order chi connectivity index (χ0) is 19.4. The predicted molar refractivity (Wildman–Crippen MR) is 101 cm³/mol. The lowest BCUT2D eigenvalue weighted by atomic mass is 9.97. The lowest BCUT2D eigenvalue weighted by Gasteiger charge is -2.25. The van der Waals surface area contributed by atoms with Crippen molar-refractivity contribution in [3.63, 3.8) is 0 Å². The van der Waals surface area contributed by atoms with Gasteiger partial charge in [-0.05, 0) is 49.2 Å². The number of hydrogen-bond donors (Lipinski definition) is 1. The van der Waals surface area contributed by atoms with Crippen LogP contribution in [0.15, 0.2) is 42.5 Å². The maximum Gasteiger partial charge on any atom is 0.313 e. The van der Waals surface area contributed by atoms with E-state index >= 15 is 0 Å². The number of esters is 1. The molecule has 0 aromatic heterocycles. The molecule has 1 heterocycles. The van der Waals surface area contributed by atoms with E-state index in [1.165, 1.54) is 14.0 Å². The third kappa shape index (κ3) is 4.52. The number of amides is 1. The van der Waals surface area contributed by atoms with E-state index in [1.54, 1.807) is 42.5 Å². The van der Waals surface area contributed by atoms with Crippen LogP contribution in [0.3, 0.4) is 0 Å². The molecule has 0 spiro atoms. The van der Waals surface area contributed by atoms with Crippen molar-refractivity contribution < 1.29 is 23.8 Å². The predicted octanol–water partition coefficient (Wildman–Crippen LogP) is 3.47. The van der Waals surface area contributed by atoms with Crippen molar-refractivity contribution in [3.8, 4) is 11.5 Å². The van der Waals surface area contributed by atoms with Gasteiger partial charge in [-0.25, -0.2) is 0 Å². The van der Waals surface area contributed by atoms with Gasteiger partial charge in [-0.3, -0.25) is 9.59 Å². The van der Waals surface area contributed by atoms with Crippen LogP contribution in [0.4, 0.5) is 5.69 Å². The molecule has 1 N–H and O–H groups in total. The van der Waals surface area contributed by atoms with Gasteiger partial charge < -0.3 is 19.5 Å². The SMILES string of the molecule is COc1ccccc1NC(=O)[C@H](C)OC(=O)[C@H]1COc2ccc(Cl)cc2C1. The minimum Gasteiger partial charge on any atom is -0.495 e. The number of ether oxygens (including phenoxy) is 3. The van der Waals surface area contributed by atoms with Crippen LogP contribution in [0, 0.1) is 5.92 Å². The zero-order valence-corrected chi connectivity index (χ0v) is 15.8. The van der Waals surface area contributed by atoms with Crippen LogP contribution in [0.1, 0.15) is 12.5 Å². The van der Waals surface area contributed by atoms with E-state index in [0.29, 0.717) is 28.6 Å². The van der Waals surface area contributed by atoms with Crippen LogP contribution >= 0.6 is 11.6 Å². The molecule has 142 valence electrons. The third-order valence-electron chi connectivity index (χ3n) is 4.29. The fourth-order valence-electron chi connectivity index (χ4n) is 2.82. The first-order chi connectivity index (χ1) is 13.0. The highest BCUT2D eigenvalue weighted by Crippen LogP contribution is 2.30. The zero-order valence-electron chi connectivity index (χ0n) is 15.0. The van der Waals surface area contributed by atoms with Crippen LogP contribution in [0.25, 0.3) is 0 Å². The molecule has 0 aliphatic carbocycles. The number of anilines is 1. The van der Waals surface area contributed by atoms with Gasteiger partial charge in [-0.1, -0.05) is 23.7 Å². The van der Waals surface area contributed by atoms with Gasteiger partial charge in [0.15, 0.2) is 6.10 Å². The second-order valence-corrected chi connectivity index (χ2v) is 6.67. The van der Waals surface area contributed by atoms with E-state index in [9.17, 15) is 9.59 Å². The number of fused-ring (bicyclic) bond motifs is 1. The summed E-state index contributed by atoms with van der Waals surface area (Å²) in [6.45, 7) is 1.73. The van der Waals surface area contributed by atoms with Crippen molar-refractivity contribution in [2.24, 2.45) is 5.92 Å². The average molecular weight is 390 g/mol. The standard InChI is InChI=1S/C20H20ClNO5/c1-12(19(23)22-16-5-3-4-6-18(16)25-2)27-20(24)14-9-13-10-15(21)7-8-17(13)26-11-14/h3-8,10,12,14H,9,11H2,1-2H3,(H,22,23)/t12-,14+/m0/s1. The average Bonchev–Trinajstić information content (AvgIpc) is 2.67. The summed E-state index contributed by atoms with van der Waals surface area (Å²) >= 11 is 6.00. The minimum absolute atomic E-state index is 0.203. The molecular formula is C20H20ClNO5. The first-order valence-electron chi connectivity index (χ1n) is 8.53. The summed E-state index contributed by atoms with van der Waals surface area (Å²) in [6, 6.07) is 12.3. The van der Waals surface area contributed by atoms with Crippen molar-refractivity contribution in [2.75, 3.05) is 19.0 Å². The van der Waals surface area contributed by atoms with E-state index in [-0.39, 0.29) is 6.61 Å². The molecule has 0 saturated carbocycles. The van der Waals surface area contributed by atoms with E-state index in [4.69, 9.17) is 25.8 Å². The highest BCUT2D eigenvalue weighted by atomic mass is 35.5. The quantitative estimate of drug-likeness (QED) is 0.792. The number of benzene rings is 2. The van der Waals surface area contributed by atoms with Gasteiger partial charge in [0.1, 0.15) is 18.1 Å². The van der Waals surface area contributed by atoms with Gasteiger partial charge in [0.2, 0.25) is 0 Å². The maximum atomic E-state index is 12.4. The van der Waals surface area contributed by atoms with Crippen LogP contribution in [-0.4, -0.2) is 31.7 Å². The molecule has 0 unspecified atom stereocenters. The topological polar surface area (TPSA) is 73.9 Å². The molecule has 1 aliphatic heterocycles. The maximum absolute atomic E-state index is 12.4. The second kappa shape index (κ2) is 8.31. The fraction of sp³-hybridized carbons (Fsp3) is 0.300. The van der Waals surface area contributed by atoms with Crippen LogP contribution in [0.2, 0.25) is 5.02 Å². The Labute approximate surface area is 162 Å². The summed E-state index contributed by atoms with van der Waals surface area (Å²) in [7, 11) is 1.52. The fourth-order valence-corrected chi connectivity index (χ4v) is 3.02. The molecule has 2 aromatic rings. The normalized spacial score (nSPS) is 16.5. The largest absolute Gasteiger partial charge is 0.495 e. The van der Waals surface area contributed by atoms with Crippen molar-refractivity contribution in [3.05, 3.63) is 53.1 Å². The van der Waals surface area contributed by atoms with Gasteiger partial charge in [0, 0.05) is 5.02 Å². The molecule has 0 bridgehead atoms. The molecule has 0 fully saturated rings. The van der Waals surface area contributed by atoms with Crippen molar-refractivity contribution in [2.45, 2.75) is 19.4 Å². The molecule has 6 nitrogen and oxygen atoms in total. The van der Waals surface area contributed by atoms with Gasteiger partial charge in [-0.2, -0.15) is 0 Å². The van der Waals surface area contributed by atoms with E-state index in [0.717, 1.165) is 5.56 Å². The van der Waals surface area contributed by atoms with Gasteiger partial charge in [0.05, 0.1) is 18.7 Å². The van der Waals surface area contributed by atoms with Gasteiger partial charge >= 0.3 is 5.97 Å². The first kappa shape index (κ1) is 19.0. The minimum atomic E-state index is -0.955. The number of hydrogen-bond acceptors (Lipinski definition) is 5. The van der Waals surface area contributed by atoms with E-state index in [1.807, 2.05) is 0 Å². The highest BCUT2D eigenvalue weighted by Gasteiger charge is 2.30. The van der Waals surface area contributed by atoms with Crippen LogP contribution in [-0.2, 0) is 20.7 Å². The van der Waals surface area contributed by atoms with E-state index in [2.05, 4.69) is 5.32 Å². The number of rotatable bonds is 5. The van der Waals surface area contributed by atoms with Crippen LogP contribution in [0.5, 0.6) is 11.5 Å². The smallest absolute Gasteiger partial charge is 0.313 e. The molecule has 0 radical (unpaired) electrons. The van der Waals surface area contributed by atoms with Gasteiger partial charge in [0.25, 0.3) is 5.91 Å². The van der Waals surface area contributed by atoms with E-state index < -0.39 is 23.9 Å². The Morgan fingerprint density at radius 2 is 2.04 bits per heavy atom. The number of nitrogens with one attached hydrogen (secondary N) is 1. The number of methoxy groups -OCH3 is 1. The summed E-state index contributed by atoms with van der Waals surface area (Å²) in [5, 5.41) is 3.28.